The van der Waals surface area contributed by atoms with E-state index in [9.17, 15) is 9.59 Å². The molecular weight excluding hydrogens is 220 g/mol. The van der Waals surface area contributed by atoms with Crippen LogP contribution in [0.1, 0.15) is 26.7 Å². The van der Waals surface area contributed by atoms with Gasteiger partial charge in [0.05, 0.1) is 12.5 Å². The molecule has 96 valence electrons. The highest BCUT2D eigenvalue weighted by Gasteiger charge is 2.26. The third-order valence-corrected chi connectivity index (χ3v) is 2.72. The van der Waals surface area contributed by atoms with E-state index in [2.05, 4.69) is 5.32 Å². The predicted molar refractivity (Wildman–Crippen MR) is 64.1 cm³/mol. The van der Waals surface area contributed by atoms with Gasteiger partial charge < -0.3 is 15.8 Å². The van der Waals surface area contributed by atoms with Crippen LogP contribution >= 0.6 is 0 Å². The van der Waals surface area contributed by atoms with E-state index in [4.69, 9.17) is 10.5 Å². The van der Waals surface area contributed by atoms with Crippen LogP contribution in [0.25, 0.3) is 0 Å². The van der Waals surface area contributed by atoms with Crippen LogP contribution in [0.4, 0.5) is 0 Å². The van der Waals surface area contributed by atoms with Gasteiger partial charge >= 0.3 is 0 Å². The van der Waals surface area contributed by atoms with Gasteiger partial charge in [-0.15, -0.1) is 0 Å². The number of hydrogen-bond donors (Lipinski definition) is 2. The van der Waals surface area contributed by atoms with E-state index in [0.29, 0.717) is 26.1 Å². The first-order valence-electron chi connectivity index (χ1n) is 5.81. The predicted octanol–water partition coefficient (Wildman–Crippen LogP) is 0.349. The van der Waals surface area contributed by atoms with E-state index >= 15 is 0 Å². The molecular formula is C12H20N2O3. The number of carbonyl (C=O) groups is 2. The van der Waals surface area contributed by atoms with Crippen LogP contribution in [0, 0.1) is 5.92 Å². The summed E-state index contributed by atoms with van der Waals surface area (Å²) in [6, 6.07) is -0.627. The number of nitrogens with two attached hydrogens (primary N) is 1. The fraction of sp³-hybridized carbons (Fsp3) is 0.667. The van der Waals surface area contributed by atoms with Gasteiger partial charge in [0.15, 0.2) is 0 Å². The molecule has 0 bridgehead atoms. The number of amides is 2. The van der Waals surface area contributed by atoms with Crippen molar-refractivity contribution >= 4 is 11.8 Å². The lowest BCUT2D eigenvalue weighted by Crippen LogP contribution is -2.46. The lowest BCUT2D eigenvalue weighted by atomic mass is 10.1. The summed E-state index contributed by atoms with van der Waals surface area (Å²) in [5.41, 5.74) is 6.35. The topological polar surface area (TPSA) is 81.4 Å². The molecule has 1 saturated heterocycles. The van der Waals surface area contributed by atoms with E-state index in [1.54, 1.807) is 0 Å². The average molecular weight is 240 g/mol. The first kappa shape index (κ1) is 13.7. The standard InChI is InChI=1S/C12H20N2O3/c1-8(2)3-4-10(11(13)15)14-12(16)9-5-6-17-7-9/h3,9-10H,4-7H2,1-2H3,(H2,13,15)(H,14,16)/t9-,10+/m1/s1. The molecule has 0 aromatic rings. The maximum atomic E-state index is 11.8. The van der Waals surface area contributed by atoms with Gasteiger partial charge in [-0.1, -0.05) is 11.6 Å². The molecule has 2 atom stereocenters. The molecule has 2 amide bonds. The molecule has 5 nitrogen and oxygen atoms in total. The van der Waals surface area contributed by atoms with Crippen LogP contribution in [-0.2, 0) is 14.3 Å². The van der Waals surface area contributed by atoms with Gasteiger partial charge in [-0.2, -0.15) is 0 Å². The minimum atomic E-state index is -0.627. The Morgan fingerprint density at radius 1 is 1.53 bits per heavy atom. The summed E-state index contributed by atoms with van der Waals surface area (Å²) in [6.07, 6.45) is 3.04. The van der Waals surface area contributed by atoms with Crippen LogP contribution in [0.3, 0.4) is 0 Å². The van der Waals surface area contributed by atoms with E-state index < -0.39 is 11.9 Å². The average Bonchev–Trinajstić information content (AvgIpc) is 2.76. The Bertz CT molecular complexity index is 316. The van der Waals surface area contributed by atoms with Crippen LogP contribution in [0.2, 0.25) is 0 Å². The zero-order chi connectivity index (χ0) is 12.8. The van der Waals surface area contributed by atoms with Gasteiger partial charge in [-0.05, 0) is 26.7 Å². The Labute approximate surface area is 101 Å². The van der Waals surface area contributed by atoms with Crippen molar-refractivity contribution in [1.29, 1.82) is 0 Å². The highest BCUT2D eigenvalue weighted by Crippen LogP contribution is 2.12. The fourth-order valence-electron chi connectivity index (χ4n) is 1.63. The molecule has 0 radical (unpaired) electrons. The second-order valence-corrected chi connectivity index (χ2v) is 4.54. The number of ether oxygens (including phenoxy) is 1. The van der Waals surface area contributed by atoms with Crippen molar-refractivity contribution in [3.63, 3.8) is 0 Å². The van der Waals surface area contributed by atoms with Gasteiger partial charge in [0.1, 0.15) is 6.04 Å². The van der Waals surface area contributed by atoms with Crippen LogP contribution in [0.15, 0.2) is 11.6 Å². The molecule has 0 aromatic carbocycles. The summed E-state index contributed by atoms with van der Waals surface area (Å²) in [4.78, 5) is 23.0. The summed E-state index contributed by atoms with van der Waals surface area (Å²) in [6.45, 7) is 4.91. The minimum Gasteiger partial charge on any atom is -0.381 e. The maximum absolute atomic E-state index is 11.8. The Balaban J connectivity index is 2.51. The van der Waals surface area contributed by atoms with E-state index in [0.717, 1.165) is 5.57 Å². The second-order valence-electron chi connectivity index (χ2n) is 4.54. The van der Waals surface area contributed by atoms with E-state index in [1.165, 1.54) is 0 Å². The van der Waals surface area contributed by atoms with Crippen molar-refractivity contribution in [1.82, 2.24) is 5.32 Å². The normalized spacial score (nSPS) is 20.7. The zero-order valence-corrected chi connectivity index (χ0v) is 10.4. The van der Waals surface area contributed by atoms with Crippen molar-refractivity contribution < 1.29 is 14.3 Å². The Morgan fingerprint density at radius 2 is 2.24 bits per heavy atom. The van der Waals surface area contributed by atoms with Crippen molar-refractivity contribution in [2.75, 3.05) is 13.2 Å². The Hall–Kier alpha value is -1.36. The Morgan fingerprint density at radius 3 is 2.71 bits per heavy atom. The summed E-state index contributed by atoms with van der Waals surface area (Å²) >= 11 is 0. The van der Waals surface area contributed by atoms with Crippen molar-refractivity contribution in [3.8, 4) is 0 Å². The molecule has 17 heavy (non-hydrogen) atoms. The van der Waals surface area contributed by atoms with Crippen molar-refractivity contribution in [2.24, 2.45) is 11.7 Å². The minimum absolute atomic E-state index is 0.145. The SMILES string of the molecule is CC(C)=CC[C@H](NC(=O)[C@@H]1CCOC1)C(N)=O. The van der Waals surface area contributed by atoms with Gasteiger partial charge in [0.25, 0.3) is 0 Å². The molecule has 1 aliphatic rings. The first-order valence-corrected chi connectivity index (χ1v) is 5.81. The highest BCUT2D eigenvalue weighted by molar-refractivity contribution is 5.87. The first-order chi connectivity index (χ1) is 8.00. The second kappa shape index (κ2) is 6.39. The highest BCUT2D eigenvalue weighted by atomic mass is 16.5. The molecule has 0 aliphatic carbocycles. The molecule has 0 unspecified atom stereocenters. The number of hydrogen-bond acceptors (Lipinski definition) is 3. The lowest BCUT2D eigenvalue weighted by molar-refractivity contribution is -0.129. The molecule has 0 saturated carbocycles. The lowest BCUT2D eigenvalue weighted by Gasteiger charge is -2.16. The molecule has 5 heteroatoms. The zero-order valence-electron chi connectivity index (χ0n) is 10.4. The molecule has 1 heterocycles. The van der Waals surface area contributed by atoms with E-state index in [1.807, 2.05) is 19.9 Å². The molecule has 0 aromatic heterocycles. The fourth-order valence-corrected chi connectivity index (χ4v) is 1.63. The van der Waals surface area contributed by atoms with Gasteiger partial charge in [0.2, 0.25) is 11.8 Å². The number of carbonyl (C=O) groups excluding carboxylic acids is 2. The van der Waals surface area contributed by atoms with Gasteiger partial charge in [0, 0.05) is 6.61 Å². The number of nitrogens with one attached hydrogen (secondary N) is 1. The summed E-state index contributed by atoms with van der Waals surface area (Å²) in [5, 5.41) is 2.68. The third-order valence-electron chi connectivity index (χ3n) is 2.72. The molecule has 0 spiro atoms. The third kappa shape index (κ3) is 4.56. The van der Waals surface area contributed by atoms with Crippen molar-refractivity contribution in [2.45, 2.75) is 32.7 Å². The maximum Gasteiger partial charge on any atom is 0.240 e. The van der Waals surface area contributed by atoms with Gasteiger partial charge in [-0.3, -0.25) is 9.59 Å². The summed E-state index contributed by atoms with van der Waals surface area (Å²) < 4.78 is 5.13. The molecule has 1 rings (SSSR count). The Kier molecular flexibility index (Phi) is 5.15. The smallest absolute Gasteiger partial charge is 0.240 e. The van der Waals surface area contributed by atoms with Crippen LogP contribution in [-0.4, -0.2) is 31.1 Å². The molecule has 1 aliphatic heterocycles. The number of primary amides is 1. The molecule has 3 N–H and O–H groups in total. The van der Waals surface area contributed by atoms with E-state index in [-0.39, 0.29) is 11.8 Å². The molecule has 1 fully saturated rings. The van der Waals surface area contributed by atoms with Crippen molar-refractivity contribution in [3.05, 3.63) is 11.6 Å². The number of allylic oxidation sites excluding steroid dienone is 1. The summed E-state index contributed by atoms with van der Waals surface area (Å²) in [7, 11) is 0. The number of rotatable bonds is 5. The van der Waals surface area contributed by atoms with Crippen LogP contribution in [0.5, 0.6) is 0 Å². The van der Waals surface area contributed by atoms with Crippen LogP contribution < -0.4 is 11.1 Å². The quantitative estimate of drug-likeness (QED) is 0.680. The largest absolute Gasteiger partial charge is 0.381 e. The summed E-state index contributed by atoms with van der Waals surface area (Å²) in [5.74, 6) is -0.799. The van der Waals surface area contributed by atoms with Gasteiger partial charge in [-0.25, -0.2) is 0 Å². The monoisotopic (exact) mass is 240 g/mol.